The van der Waals surface area contributed by atoms with Gasteiger partial charge in [0, 0.05) is 108 Å². The first-order valence-electron chi connectivity index (χ1n) is 23.6. The van der Waals surface area contributed by atoms with Crippen LogP contribution in [0.5, 0.6) is 11.5 Å². The molecule has 4 aromatic carbocycles. The predicted molar refractivity (Wildman–Crippen MR) is 254 cm³/mol. The number of rotatable bonds is 12. The van der Waals surface area contributed by atoms with Gasteiger partial charge in [-0.25, -0.2) is 10.6 Å². The third-order valence-corrected chi connectivity index (χ3v) is 14.2. The molecule has 0 aromatic heterocycles. The molecule has 0 spiro atoms. The van der Waals surface area contributed by atoms with Crippen molar-refractivity contribution in [3.8, 4) is 11.5 Å². The fourth-order valence-electron chi connectivity index (χ4n) is 10.4. The lowest BCUT2D eigenvalue weighted by atomic mass is 9.79. The van der Waals surface area contributed by atoms with E-state index in [1.54, 1.807) is 24.3 Å². The highest BCUT2D eigenvalue weighted by molar-refractivity contribution is 6.06. The molecule has 0 unspecified atom stereocenters. The molecule has 6 N–H and O–H groups in total. The Labute approximate surface area is 387 Å². The second kappa shape index (κ2) is 20.4. The van der Waals surface area contributed by atoms with Gasteiger partial charge in [-0.3, -0.25) is 39.4 Å². The monoisotopic (exact) mass is 894 g/mol. The number of benzene rings is 4. The van der Waals surface area contributed by atoms with Crippen molar-refractivity contribution in [2.45, 2.75) is 63.6 Å². The molecule has 5 fully saturated rings. The molecule has 4 aromatic rings. The Bertz CT molecular complexity index is 2370. The molecular formula is C51H62N10O5. The van der Waals surface area contributed by atoms with Crippen LogP contribution in [0.25, 0.3) is 0 Å². The van der Waals surface area contributed by atoms with Crippen molar-refractivity contribution < 1.29 is 23.9 Å². The zero-order valence-electron chi connectivity index (χ0n) is 37.7. The number of anilines is 2. The molecule has 1 saturated carbocycles. The summed E-state index contributed by atoms with van der Waals surface area (Å²) in [5, 5.41) is 7.57. The summed E-state index contributed by atoms with van der Waals surface area (Å²) in [5.74, 6) is 8.66. The van der Waals surface area contributed by atoms with Crippen LogP contribution in [0.3, 0.4) is 0 Å². The van der Waals surface area contributed by atoms with E-state index in [2.05, 4.69) is 49.6 Å². The number of amides is 5. The number of ether oxygens (including phenoxy) is 1. The summed E-state index contributed by atoms with van der Waals surface area (Å²) in [7, 11) is 0. The SMILES string of the molecule is NC(=O)/C(Cc1ccc(Oc2ccccc2)cc1)=C1\NCC[C@@H](C2CCC(N3CCN(Cc4ccc(N5CCN(C(=O)c6cccc(N7CCC(=O)NC7=O)c6)CC5)cc4)CC3)CC2)N1N. The van der Waals surface area contributed by atoms with E-state index >= 15 is 0 Å². The summed E-state index contributed by atoms with van der Waals surface area (Å²) in [6.07, 6.45) is 6.07. The average Bonchev–Trinajstić information content (AvgIpc) is 3.35. The minimum absolute atomic E-state index is 0.0535. The van der Waals surface area contributed by atoms with Crippen LogP contribution < -0.4 is 36.7 Å². The number of imide groups is 1. The van der Waals surface area contributed by atoms with Gasteiger partial charge < -0.3 is 25.6 Å². The van der Waals surface area contributed by atoms with Crippen molar-refractivity contribution in [3.63, 3.8) is 0 Å². The number of hydrogen-bond acceptors (Lipinski definition) is 11. The number of nitrogens with zero attached hydrogens (tertiary/aromatic N) is 6. The summed E-state index contributed by atoms with van der Waals surface area (Å²) >= 11 is 0. The van der Waals surface area contributed by atoms with E-state index < -0.39 is 11.9 Å². The van der Waals surface area contributed by atoms with Crippen LogP contribution in [-0.4, -0.2) is 121 Å². The number of nitrogens with one attached hydrogen (secondary N) is 2. The van der Waals surface area contributed by atoms with Crippen LogP contribution in [0.2, 0.25) is 0 Å². The Hall–Kier alpha value is -6.42. The molecule has 5 aliphatic rings. The third-order valence-electron chi connectivity index (χ3n) is 14.2. The first kappa shape index (κ1) is 44.8. The second-order valence-corrected chi connectivity index (χ2v) is 18.2. The number of urea groups is 1. The lowest BCUT2D eigenvalue weighted by Gasteiger charge is -2.46. The van der Waals surface area contributed by atoms with E-state index in [9.17, 15) is 19.2 Å². The number of carbonyl (C=O) groups excluding carboxylic acids is 4. The maximum absolute atomic E-state index is 13.5. The molecule has 346 valence electrons. The minimum atomic E-state index is -0.465. The Morgan fingerprint density at radius 3 is 2.09 bits per heavy atom. The van der Waals surface area contributed by atoms with Crippen molar-refractivity contribution in [1.82, 2.24) is 30.3 Å². The van der Waals surface area contributed by atoms with E-state index in [0.29, 0.717) is 60.7 Å². The topological polar surface area (TPSA) is 173 Å². The quantitative estimate of drug-likeness (QED) is 0.111. The fraction of sp³-hybridized carbons (Fsp3) is 0.412. The van der Waals surface area contributed by atoms with Crippen LogP contribution in [-0.2, 0) is 22.6 Å². The molecule has 1 aliphatic carbocycles. The van der Waals surface area contributed by atoms with E-state index in [-0.39, 0.29) is 24.3 Å². The van der Waals surface area contributed by atoms with E-state index in [1.165, 1.54) is 16.2 Å². The molecule has 4 heterocycles. The average molecular weight is 895 g/mol. The van der Waals surface area contributed by atoms with Crippen LogP contribution in [0, 0.1) is 5.92 Å². The molecule has 5 amide bonds. The van der Waals surface area contributed by atoms with Gasteiger partial charge >= 0.3 is 6.03 Å². The summed E-state index contributed by atoms with van der Waals surface area (Å²) in [6.45, 7) is 8.91. The predicted octanol–water partition coefficient (Wildman–Crippen LogP) is 5.04. The van der Waals surface area contributed by atoms with E-state index in [4.69, 9.17) is 16.3 Å². The van der Waals surface area contributed by atoms with Gasteiger partial charge in [-0.15, -0.1) is 0 Å². The third kappa shape index (κ3) is 10.5. The molecule has 15 heteroatoms. The zero-order valence-corrected chi connectivity index (χ0v) is 37.7. The van der Waals surface area contributed by atoms with Gasteiger partial charge in [0.15, 0.2) is 0 Å². The Kier molecular flexibility index (Phi) is 13.8. The van der Waals surface area contributed by atoms with Crippen molar-refractivity contribution in [2.24, 2.45) is 17.5 Å². The summed E-state index contributed by atoms with van der Waals surface area (Å²) in [4.78, 5) is 61.3. The van der Waals surface area contributed by atoms with Crippen molar-refractivity contribution in [3.05, 3.63) is 131 Å². The molecule has 9 rings (SSSR count). The summed E-state index contributed by atoms with van der Waals surface area (Å²) in [5.41, 5.74) is 11.1. The number of hydrogen-bond donors (Lipinski definition) is 4. The van der Waals surface area contributed by atoms with E-state index in [0.717, 1.165) is 102 Å². The second-order valence-electron chi connectivity index (χ2n) is 18.2. The number of piperazine rings is 2. The number of carbonyl (C=O) groups is 4. The van der Waals surface area contributed by atoms with Gasteiger partial charge in [-0.1, -0.05) is 48.5 Å². The maximum atomic E-state index is 13.5. The first-order valence-corrected chi connectivity index (χ1v) is 23.6. The summed E-state index contributed by atoms with van der Waals surface area (Å²) < 4.78 is 5.95. The van der Waals surface area contributed by atoms with Gasteiger partial charge in [-0.05, 0) is 104 Å². The molecule has 66 heavy (non-hydrogen) atoms. The number of para-hydroxylation sites is 1. The van der Waals surface area contributed by atoms with Gasteiger partial charge in [-0.2, -0.15) is 0 Å². The lowest BCUT2D eigenvalue weighted by Crippen LogP contribution is -2.56. The first-order chi connectivity index (χ1) is 32.1. The van der Waals surface area contributed by atoms with Gasteiger partial charge in [0.2, 0.25) is 11.8 Å². The molecular weight excluding hydrogens is 833 g/mol. The molecule has 0 radical (unpaired) electrons. The molecule has 15 nitrogen and oxygen atoms in total. The minimum Gasteiger partial charge on any atom is -0.457 e. The lowest BCUT2D eigenvalue weighted by molar-refractivity contribution is -0.120. The van der Waals surface area contributed by atoms with Crippen molar-refractivity contribution >= 4 is 35.1 Å². The highest BCUT2D eigenvalue weighted by atomic mass is 16.5. The van der Waals surface area contributed by atoms with Crippen LogP contribution in [0.15, 0.2) is 115 Å². The molecule has 1 atom stereocenters. The van der Waals surface area contributed by atoms with Crippen molar-refractivity contribution in [2.75, 3.05) is 75.2 Å². The zero-order chi connectivity index (χ0) is 45.6. The van der Waals surface area contributed by atoms with Crippen molar-refractivity contribution in [1.29, 1.82) is 0 Å². The smallest absolute Gasteiger partial charge is 0.328 e. The standard InChI is InChI=1S/C51H62N10O5/c52-48(63)45(33-36-11-19-44(20-12-36)66-43-7-2-1-3-8-43)49-54-23-21-46(61(49)53)38-13-17-41(18-14-38)57-27-25-56(26-28-57)35-37-9-15-40(16-10-37)58-29-31-59(32-30-58)50(64)39-5-4-6-42(34-39)60-24-22-47(62)55-51(60)65/h1-12,15-16,19-20,34,38,41,46,54H,13-14,17-18,21-33,35,53H2,(H2,52,63)(H,55,62,65)/b49-45+/t38?,41?,46-/m0/s1. The highest BCUT2D eigenvalue weighted by Crippen LogP contribution is 2.35. The molecule has 4 saturated heterocycles. The molecule has 0 bridgehead atoms. The van der Waals surface area contributed by atoms with E-state index in [1.807, 2.05) is 64.5 Å². The number of nitrogens with two attached hydrogens (primary N) is 2. The van der Waals surface area contributed by atoms with Gasteiger partial charge in [0.1, 0.15) is 17.3 Å². The number of hydrazine groups is 1. The Balaban J connectivity index is 0.706. The largest absolute Gasteiger partial charge is 0.457 e. The molecule has 4 aliphatic heterocycles. The number of primary amides is 1. The van der Waals surface area contributed by atoms with Gasteiger partial charge in [0.05, 0.1) is 11.6 Å². The van der Waals surface area contributed by atoms with Gasteiger partial charge in [0.25, 0.3) is 5.91 Å². The Morgan fingerprint density at radius 1 is 0.697 bits per heavy atom. The fourth-order valence-corrected chi connectivity index (χ4v) is 10.4. The maximum Gasteiger partial charge on any atom is 0.328 e. The normalized spacial score (nSPS) is 23.0. The van der Waals surface area contributed by atoms with Crippen LogP contribution >= 0.6 is 0 Å². The highest BCUT2D eigenvalue weighted by Gasteiger charge is 2.37. The Morgan fingerprint density at radius 2 is 1.39 bits per heavy atom. The van der Waals surface area contributed by atoms with Crippen LogP contribution in [0.1, 0.15) is 60.0 Å². The van der Waals surface area contributed by atoms with Crippen LogP contribution in [0.4, 0.5) is 16.2 Å². The summed E-state index contributed by atoms with van der Waals surface area (Å²) in [6, 6.07) is 33.7.